The van der Waals surface area contributed by atoms with E-state index >= 15 is 0 Å². The molecule has 0 saturated carbocycles. The van der Waals surface area contributed by atoms with Crippen molar-refractivity contribution in [2.45, 2.75) is 13.8 Å². The molecule has 0 atom stereocenters. The number of carboxylic acid groups (broad SMARTS) is 1. The minimum Gasteiger partial charge on any atom is -0.479 e. The van der Waals surface area contributed by atoms with Crippen molar-refractivity contribution in [3.63, 3.8) is 0 Å². The Kier molecular flexibility index (Phi) is 4.08. The van der Waals surface area contributed by atoms with Gasteiger partial charge in [-0.2, -0.15) is 0 Å². The van der Waals surface area contributed by atoms with E-state index in [0.717, 1.165) is 11.1 Å². The molecule has 0 bridgehead atoms. The topological polar surface area (TPSA) is 76.7 Å². The fourth-order valence-corrected chi connectivity index (χ4v) is 2.48. The van der Waals surface area contributed by atoms with Crippen molar-refractivity contribution in [3.05, 3.63) is 63.8 Å². The summed E-state index contributed by atoms with van der Waals surface area (Å²) in [5, 5.41) is 9.24. The summed E-state index contributed by atoms with van der Waals surface area (Å²) in [6.45, 7) is 3.23. The summed E-state index contributed by atoms with van der Waals surface area (Å²) in [4.78, 5) is 23.7. The molecule has 122 valence electrons. The molecule has 1 aromatic heterocycles. The summed E-state index contributed by atoms with van der Waals surface area (Å²) < 4.78 is 11.2. The predicted octanol–water partition coefficient (Wildman–Crippen LogP) is 3.54. The maximum absolute atomic E-state index is 12.8. The summed E-state index contributed by atoms with van der Waals surface area (Å²) in [6.07, 6.45) is 0. The highest BCUT2D eigenvalue weighted by molar-refractivity contribution is 5.83. The van der Waals surface area contributed by atoms with Crippen molar-refractivity contribution >= 4 is 16.9 Å². The van der Waals surface area contributed by atoms with Gasteiger partial charge in [-0.1, -0.05) is 30.3 Å². The Morgan fingerprint density at radius 2 is 1.79 bits per heavy atom. The Hall–Kier alpha value is -3.08. The molecule has 0 aliphatic rings. The number of carbonyl (C=O) groups is 1. The van der Waals surface area contributed by atoms with E-state index in [0.29, 0.717) is 16.5 Å². The van der Waals surface area contributed by atoms with Gasteiger partial charge in [0.25, 0.3) is 0 Å². The smallest absolute Gasteiger partial charge is 0.341 e. The normalized spacial score (nSPS) is 10.8. The number of aryl methyl sites for hydroxylation is 2. The molecule has 24 heavy (non-hydrogen) atoms. The second-order valence-electron chi connectivity index (χ2n) is 5.57. The van der Waals surface area contributed by atoms with Crippen LogP contribution in [0.15, 0.2) is 51.7 Å². The van der Waals surface area contributed by atoms with E-state index in [4.69, 9.17) is 14.3 Å². The van der Waals surface area contributed by atoms with Crippen LogP contribution in [0.1, 0.15) is 11.1 Å². The van der Waals surface area contributed by atoms with E-state index in [-0.39, 0.29) is 16.9 Å². The van der Waals surface area contributed by atoms with Crippen LogP contribution in [0.5, 0.6) is 5.75 Å². The Bertz CT molecular complexity index is 970. The molecule has 0 unspecified atom stereocenters. The van der Waals surface area contributed by atoms with Gasteiger partial charge in [0.05, 0.1) is 5.39 Å². The van der Waals surface area contributed by atoms with Gasteiger partial charge in [0.1, 0.15) is 5.58 Å². The van der Waals surface area contributed by atoms with Gasteiger partial charge in [-0.3, -0.25) is 4.79 Å². The highest BCUT2D eigenvalue weighted by Crippen LogP contribution is 2.31. The fraction of sp³-hybridized carbons (Fsp3) is 0.158. The average Bonchev–Trinajstić information content (AvgIpc) is 2.56. The van der Waals surface area contributed by atoms with Crippen LogP contribution in [0.4, 0.5) is 0 Å². The number of carboxylic acids is 1. The van der Waals surface area contributed by atoms with Crippen LogP contribution in [-0.4, -0.2) is 17.7 Å². The van der Waals surface area contributed by atoms with Crippen LogP contribution >= 0.6 is 0 Å². The minimum absolute atomic E-state index is 0.0839. The number of hydrogen-bond acceptors (Lipinski definition) is 4. The molecule has 3 aromatic rings. The van der Waals surface area contributed by atoms with Gasteiger partial charge in [-0.25, -0.2) is 4.79 Å². The Labute approximate surface area is 138 Å². The average molecular weight is 324 g/mol. The van der Waals surface area contributed by atoms with E-state index in [1.54, 1.807) is 36.4 Å². The van der Waals surface area contributed by atoms with Crippen molar-refractivity contribution in [1.29, 1.82) is 0 Å². The molecule has 0 aliphatic heterocycles. The molecule has 1 N–H and O–H groups in total. The third kappa shape index (κ3) is 2.88. The molecule has 1 heterocycles. The number of aliphatic carboxylic acids is 1. The van der Waals surface area contributed by atoms with Crippen molar-refractivity contribution in [3.8, 4) is 17.1 Å². The molecule has 0 aliphatic carbocycles. The molecule has 5 heteroatoms. The molecule has 5 nitrogen and oxygen atoms in total. The summed E-state index contributed by atoms with van der Waals surface area (Å²) in [5.74, 6) is -1.01. The van der Waals surface area contributed by atoms with Gasteiger partial charge in [0, 0.05) is 5.56 Å². The van der Waals surface area contributed by atoms with Crippen molar-refractivity contribution < 1.29 is 19.1 Å². The van der Waals surface area contributed by atoms with Crippen LogP contribution in [0.2, 0.25) is 0 Å². The first-order valence-electron chi connectivity index (χ1n) is 7.45. The highest BCUT2D eigenvalue weighted by Gasteiger charge is 2.19. The maximum atomic E-state index is 12.8. The lowest BCUT2D eigenvalue weighted by Crippen LogP contribution is -2.16. The van der Waals surface area contributed by atoms with Crippen LogP contribution in [0.25, 0.3) is 22.3 Å². The number of rotatable bonds is 4. The van der Waals surface area contributed by atoms with E-state index < -0.39 is 12.6 Å². The lowest BCUT2D eigenvalue weighted by atomic mass is 10.0. The first-order chi connectivity index (χ1) is 11.5. The lowest BCUT2D eigenvalue weighted by Gasteiger charge is -2.11. The largest absolute Gasteiger partial charge is 0.479 e. The Balaban J connectivity index is 2.31. The summed E-state index contributed by atoms with van der Waals surface area (Å²) in [6, 6.07) is 12.5. The monoisotopic (exact) mass is 324 g/mol. The molecule has 0 spiro atoms. The van der Waals surface area contributed by atoms with Crippen LogP contribution < -0.4 is 10.2 Å². The van der Waals surface area contributed by atoms with Crippen LogP contribution in [0, 0.1) is 13.8 Å². The summed E-state index contributed by atoms with van der Waals surface area (Å²) in [5.41, 5.74) is 2.68. The number of benzene rings is 2. The molecule has 0 saturated heterocycles. The summed E-state index contributed by atoms with van der Waals surface area (Å²) in [7, 11) is 0. The van der Waals surface area contributed by atoms with Crippen LogP contribution in [-0.2, 0) is 4.79 Å². The fourth-order valence-electron chi connectivity index (χ4n) is 2.48. The van der Waals surface area contributed by atoms with E-state index in [1.807, 2.05) is 19.9 Å². The van der Waals surface area contributed by atoms with Crippen LogP contribution in [0.3, 0.4) is 0 Å². The maximum Gasteiger partial charge on any atom is 0.341 e. The Morgan fingerprint density at radius 1 is 1.12 bits per heavy atom. The molecular weight excluding hydrogens is 308 g/mol. The van der Waals surface area contributed by atoms with Gasteiger partial charge in [-0.15, -0.1) is 0 Å². The molecule has 0 radical (unpaired) electrons. The van der Waals surface area contributed by atoms with Gasteiger partial charge >= 0.3 is 5.97 Å². The first-order valence-corrected chi connectivity index (χ1v) is 7.45. The van der Waals surface area contributed by atoms with E-state index in [9.17, 15) is 9.59 Å². The quantitative estimate of drug-likeness (QED) is 0.794. The van der Waals surface area contributed by atoms with Gasteiger partial charge < -0.3 is 14.3 Å². The standard InChI is InChI=1S/C19H16O5/c1-11-8-14-15(9-12(11)2)24-18(13-6-4-3-5-7-13)19(17(14)22)23-10-16(20)21/h3-9H,10H2,1-2H3,(H,20,21). The molecular formula is C19H16O5. The molecule has 3 rings (SSSR count). The predicted molar refractivity (Wildman–Crippen MR) is 90.5 cm³/mol. The van der Waals surface area contributed by atoms with Crippen molar-refractivity contribution in [2.75, 3.05) is 6.61 Å². The number of hydrogen-bond donors (Lipinski definition) is 1. The minimum atomic E-state index is -1.16. The number of ether oxygens (including phenoxy) is 1. The second kappa shape index (κ2) is 6.20. The third-order valence-corrected chi connectivity index (χ3v) is 3.84. The zero-order chi connectivity index (χ0) is 17.3. The van der Waals surface area contributed by atoms with Gasteiger partial charge in [-0.05, 0) is 37.1 Å². The summed E-state index contributed by atoms with van der Waals surface area (Å²) >= 11 is 0. The molecule has 0 amide bonds. The lowest BCUT2D eigenvalue weighted by molar-refractivity contribution is -0.139. The Morgan fingerprint density at radius 3 is 2.46 bits per heavy atom. The SMILES string of the molecule is Cc1cc2oc(-c3ccccc3)c(OCC(=O)O)c(=O)c2cc1C. The first kappa shape index (κ1) is 15.8. The molecule has 0 fully saturated rings. The zero-order valence-corrected chi connectivity index (χ0v) is 13.3. The van der Waals surface area contributed by atoms with E-state index in [1.165, 1.54) is 0 Å². The highest BCUT2D eigenvalue weighted by atomic mass is 16.5. The van der Waals surface area contributed by atoms with Crippen molar-refractivity contribution in [2.24, 2.45) is 0 Å². The van der Waals surface area contributed by atoms with Gasteiger partial charge in [0.15, 0.2) is 12.4 Å². The molecule has 2 aromatic carbocycles. The third-order valence-electron chi connectivity index (χ3n) is 3.84. The number of fused-ring (bicyclic) bond motifs is 1. The van der Waals surface area contributed by atoms with Gasteiger partial charge in [0.2, 0.25) is 11.2 Å². The van der Waals surface area contributed by atoms with Crippen molar-refractivity contribution in [1.82, 2.24) is 0 Å². The zero-order valence-electron chi connectivity index (χ0n) is 13.3. The second-order valence-corrected chi connectivity index (χ2v) is 5.57. The van der Waals surface area contributed by atoms with E-state index in [2.05, 4.69) is 0 Å².